The van der Waals surface area contributed by atoms with Gasteiger partial charge in [-0.05, 0) is 49.7 Å². The van der Waals surface area contributed by atoms with Crippen molar-refractivity contribution in [2.24, 2.45) is 0 Å². The maximum absolute atomic E-state index is 12.7. The quantitative estimate of drug-likeness (QED) is 0.805. The van der Waals surface area contributed by atoms with E-state index in [1.807, 2.05) is 13.0 Å². The summed E-state index contributed by atoms with van der Waals surface area (Å²) in [7, 11) is 0. The lowest BCUT2D eigenvalue weighted by Gasteiger charge is -2.12. The molecule has 2 rings (SSSR count). The number of anilines is 2. The minimum atomic E-state index is -4.52. The van der Waals surface area contributed by atoms with Crippen molar-refractivity contribution in [1.29, 1.82) is 0 Å². The summed E-state index contributed by atoms with van der Waals surface area (Å²) in [6.07, 6.45) is -4.52. The standard InChI is InChI=1S/C15H13ClF3N3O/c1-8-5-9(2)20-13(6-8)22-14(23)21-12-7-10(15(17,18)19)3-4-11(12)16/h3-7H,1-2H3,(H2,20,21,22,23). The van der Waals surface area contributed by atoms with Gasteiger partial charge in [0.25, 0.3) is 0 Å². The lowest BCUT2D eigenvalue weighted by Crippen LogP contribution is -2.21. The Bertz CT molecular complexity index is 727. The van der Waals surface area contributed by atoms with Crippen LogP contribution in [0.25, 0.3) is 0 Å². The van der Waals surface area contributed by atoms with Crippen molar-refractivity contribution in [3.8, 4) is 0 Å². The van der Waals surface area contributed by atoms with E-state index in [0.29, 0.717) is 11.5 Å². The zero-order valence-corrected chi connectivity index (χ0v) is 13.0. The van der Waals surface area contributed by atoms with Crippen LogP contribution in [0.5, 0.6) is 0 Å². The molecule has 0 aliphatic heterocycles. The molecule has 1 aromatic heterocycles. The minimum absolute atomic E-state index is 0.00142. The number of alkyl halides is 3. The molecule has 0 aliphatic rings. The SMILES string of the molecule is Cc1cc(C)nc(NC(=O)Nc2cc(C(F)(F)F)ccc2Cl)c1. The maximum atomic E-state index is 12.7. The summed E-state index contributed by atoms with van der Waals surface area (Å²) < 4.78 is 38.1. The Morgan fingerprint density at radius 2 is 1.83 bits per heavy atom. The van der Waals surface area contributed by atoms with Crippen molar-refractivity contribution in [3.05, 3.63) is 52.2 Å². The molecule has 0 saturated carbocycles. The van der Waals surface area contributed by atoms with Crippen LogP contribution in [0.15, 0.2) is 30.3 Å². The predicted molar refractivity (Wildman–Crippen MR) is 82.8 cm³/mol. The molecule has 2 aromatic rings. The van der Waals surface area contributed by atoms with Gasteiger partial charge in [-0.2, -0.15) is 13.2 Å². The van der Waals surface area contributed by atoms with E-state index >= 15 is 0 Å². The molecule has 0 spiro atoms. The molecule has 0 bridgehead atoms. The lowest BCUT2D eigenvalue weighted by atomic mass is 10.2. The van der Waals surface area contributed by atoms with Crippen LogP contribution in [0.1, 0.15) is 16.8 Å². The molecular weight excluding hydrogens is 331 g/mol. The third-order valence-electron chi connectivity index (χ3n) is 2.88. The average Bonchev–Trinajstić information content (AvgIpc) is 2.38. The second-order valence-corrected chi connectivity index (χ2v) is 5.35. The molecule has 0 saturated heterocycles. The number of pyridine rings is 1. The molecule has 2 amide bonds. The Kier molecular flexibility index (Phi) is 4.79. The molecule has 8 heteroatoms. The first kappa shape index (κ1) is 17.1. The number of halogens is 4. The van der Waals surface area contributed by atoms with Crippen LogP contribution >= 0.6 is 11.6 Å². The fourth-order valence-electron chi connectivity index (χ4n) is 1.97. The first-order valence-corrected chi connectivity index (χ1v) is 6.93. The van der Waals surface area contributed by atoms with Gasteiger partial charge in [0, 0.05) is 5.69 Å². The minimum Gasteiger partial charge on any atom is -0.306 e. The fraction of sp³-hybridized carbons (Fsp3) is 0.200. The number of hydrogen-bond donors (Lipinski definition) is 2. The normalized spacial score (nSPS) is 11.2. The number of amides is 2. The molecule has 2 N–H and O–H groups in total. The van der Waals surface area contributed by atoms with Crippen molar-refractivity contribution in [2.75, 3.05) is 10.6 Å². The van der Waals surface area contributed by atoms with E-state index in [1.54, 1.807) is 13.0 Å². The molecule has 1 heterocycles. The van der Waals surface area contributed by atoms with E-state index in [0.717, 1.165) is 23.8 Å². The second kappa shape index (κ2) is 6.45. The van der Waals surface area contributed by atoms with E-state index < -0.39 is 17.8 Å². The van der Waals surface area contributed by atoms with Crippen LogP contribution < -0.4 is 10.6 Å². The summed E-state index contributed by atoms with van der Waals surface area (Å²) in [5.74, 6) is 0.295. The van der Waals surface area contributed by atoms with Gasteiger partial charge < -0.3 is 5.32 Å². The van der Waals surface area contributed by atoms with Crippen molar-refractivity contribution in [2.45, 2.75) is 20.0 Å². The lowest BCUT2D eigenvalue weighted by molar-refractivity contribution is -0.137. The number of nitrogens with one attached hydrogen (secondary N) is 2. The van der Waals surface area contributed by atoms with Gasteiger partial charge in [-0.1, -0.05) is 11.6 Å². The predicted octanol–water partition coefficient (Wildman–Crippen LogP) is 5.01. The molecule has 0 fully saturated rings. The first-order chi connectivity index (χ1) is 10.6. The van der Waals surface area contributed by atoms with Gasteiger partial charge in [0.15, 0.2) is 0 Å². The highest BCUT2D eigenvalue weighted by molar-refractivity contribution is 6.33. The number of hydrogen-bond acceptors (Lipinski definition) is 2. The Hall–Kier alpha value is -2.28. The third-order valence-corrected chi connectivity index (χ3v) is 3.21. The van der Waals surface area contributed by atoms with E-state index in [2.05, 4.69) is 15.6 Å². The van der Waals surface area contributed by atoms with Crippen LogP contribution in [0.3, 0.4) is 0 Å². The Morgan fingerprint density at radius 3 is 2.43 bits per heavy atom. The van der Waals surface area contributed by atoms with Gasteiger partial charge in [-0.15, -0.1) is 0 Å². The second-order valence-electron chi connectivity index (χ2n) is 4.94. The maximum Gasteiger partial charge on any atom is 0.416 e. The van der Waals surface area contributed by atoms with E-state index in [1.165, 1.54) is 0 Å². The molecule has 0 unspecified atom stereocenters. The molecule has 0 radical (unpaired) electrons. The first-order valence-electron chi connectivity index (χ1n) is 6.55. The number of urea groups is 1. The molecule has 4 nitrogen and oxygen atoms in total. The summed E-state index contributed by atoms with van der Waals surface area (Å²) in [4.78, 5) is 16.0. The van der Waals surface area contributed by atoms with Crippen LogP contribution in [0, 0.1) is 13.8 Å². The Labute approximate surface area is 135 Å². The number of carbonyl (C=O) groups is 1. The van der Waals surface area contributed by atoms with Crippen molar-refractivity contribution >= 4 is 29.1 Å². The molecular formula is C15H13ClF3N3O. The highest BCUT2D eigenvalue weighted by atomic mass is 35.5. The molecule has 1 aromatic carbocycles. The highest BCUT2D eigenvalue weighted by Crippen LogP contribution is 2.33. The fourth-order valence-corrected chi connectivity index (χ4v) is 2.14. The van der Waals surface area contributed by atoms with Crippen molar-refractivity contribution in [3.63, 3.8) is 0 Å². The van der Waals surface area contributed by atoms with Crippen molar-refractivity contribution in [1.82, 2.24) is 4.98 Å². The molecule has 0 atom stereocenters. The van der Waals surface area contributed by atoms with E-state index in [9.17, 15) is 18.0 Å². The van der Waals surface area contributed by atoms with Gasteiger partial charge in [0.2, 0.25) is 0 Å². The number of carbonyl (C=O) groups excluding carboxylic acids is 1. The summed E-state index contributed by atoms with van der Waals surface area (Å²) in [5.41, 5.74) is 0.562. The summed E-state index contributed by atoms with van der Waals surface area (Å²) >= 11 is 5.82. The van der Waals surface area contributed by atoms with Crippen molar-refractivity contribution < 1.29 is 18.0 Å². The molecule has 0 aliphatic carbocycles. The number of rotatable bonds is 2. The third kappa shape index (κ3) is 4.59. The van der Waals surface area contributed by atoms with Crippen LogP contribution in [0.2, 0.25) is 5.02 Å². The summed E-state index contributed by atoms with van der Waals surface area (Å²) in [5, 5.41) is 4.75. The van der Waals surface area contributed by atoms with Gasteiger partial charge in [-0.25, -0.2) is 9.78 Å². The smallest absolute Gasteiger partial charge is 0.306 e. The van der Waals surface area contributed by atoms with E-state index in [-0.39, 0.29) is 10.7 Å². The zero-order valence-electron chi connectivity index (χ0n) is 12.3. The van der Waals surface area contributed by atoms with Gasteiger partial charge in [-0.3, -0.25) is 5.32 Å². The Balaban J connectivity index is 2.17. The average molecular weight is 344 g/mol. The number of aryl methyl sites for hydroxylation is 2. The van der Waals surface area contributed by atoms with Gasteiger partial charge in [0.05, 0.1) is 16.3 Å². The number of nitrogens with zero attached hydrogens (tertiary/aromatic N) is 1. The van der Waals surface area contributed by atoms with Crippen LogP contribution in [-0.2, 0) is 6.18 Å². The highest BCUT2D eigenvalue weighted by Gasteiger charge is 2.31. The van der Waals surface area contributed by atoms with Gasteiger partial charge >= 0.3 is 12.2 Å². The number of benzene rings is 1. The Morgan fingerprint density at radius 1 is 1.13 bits per heavy atom. The molecule has 23 heavy (non-hydrogen) atoms. The van der Waals surface area contributed by atoms with Crippen LogP contribution in [-0.4, -0.2) is 11.0 Å². The zero-order chi connectivity index (χ0) is 17.2. The monoisotopic (exact) mass is 343 g/mol. The largest absolute Gasteiger partial charge is 0.416 e. The van der Waals surface area contributed by atoms with E-state index in [4.69, 9.17) is 11.6 Å². The van der Waals surface area contributed by atoms with Gasteiger partial charge in [0.1, 0.15) is 5.82 Å². The topological polar surface area (TPSA) is 54.0 Å². The van der Waals surface area contributed by atoms with Crippen LogP contribution in [0.4, 0.5) is 29.5 Å². The molecule has 122 valence electrons. The summed E-state index contributed by atoms with van der Waals surface area (Å²) in [6.45, 7) is 3.60. The number of aromatic nitrogens is 1. The summed E-state index contributed by atoms with van der Waals surface area (Å²) in [6, 6.07) is 5.43.